The maximum atomic E-state index is 11.5. The van der Waals surface area contributed by atoms with Crippen LogP contribution in [0.2, 0.25) is 0 Å². The highest BCUT2D eigenvalue weighted by Crippen LogP contribution is 2.23. The lowest BCUT2D eigenvalue weighted by Crippen LogP contribution is -2.26. The van der Waals surface area contributed by atoms with Crippen molar-refractivity contribution >= 4 is 22.9 Å². The van der Waals surface area contributed by atoms with Crippen LogP contribution < -0.4 is 11.1 Å². The van der Waals surface area contributed by atoms with Crippen molar-refractivity contribution in [3.63, 3.8) is 0 Å². The monoisotopic (exact) mass is 246 g/mol. The molecule has 17 heavy (non-hydrogen) atoms. The second-order valence-electron chi connectivity index (χ2n) is 3.86. The summed E-state index contributed by atoms with van der Waals surface area (Å²) in [6, 6.07) is 11.2. The van der Waals surface area contributed by atoms with Crippen LogP contribution in [0.25, 0.3) is 0 Å². The number of nitrogens with one attached hydrogen (secondary N) is 1. The average molecular weight is 246 g/mol. The maximum Gasteiger partial charge on any atom is 0.245 e. The molecule has 88 valence electrons. The lowest BCUT2D eigenvalue weighted by atomic mass is 10.2. The van der Waals surface area contributed by atoms with E-state index in [1.807, 2.05) is 48.7 Å². The van der Waals surface area contributed by atoms with Crippen molar-refractivity contribution in [1.82, 2.24) is 0 Å². The Kier molecular flexibility index (Phi) is 3.44. The molecule has 3 nitrogen and oxygen atoms in total. The number of rotatable bonds is 4. The van der Waals surface area contributed by atoms with Gasteiger partial charge < -0.3 is 11.1 Å². The molecule has 1 heterocycles. The number of carbonyl (C=O) groups excluding carboxylic acids is 1. The lowest BCUT2D eigenvalue weighted by molar-refractivity contribution is -0.118. The van der Waals surface area contributed by atoms with Gasteiger partial charge in [0.1, 0.15) is 6.04 Å². The summed E-state index contributed by atoms with van der Waals surface area (Å²) in [5, 5.41) is 5.09. The summed E-state index contributed by atoms with van der Waals surface area (Å²) in [6.07, 6.45) is 0. The molecule has 4 heteroatoms. The second kappa shape index (κ2) is 5.01. The molecule has 1 aromatic heterocycles. The minimum atomic E-state index is -0.461. The highest BCUT2D eigenvalue weighted by molar-refractivity contribution is 7.10. The Morgan fingerprint density at radius 2 is 2.18 bits per heavy atom. The molecule has 0 fully saturated rings. The van der Waals surface area contributed by atoms with E-state index in [0.717, 1.165) is 16.1 Å². The molecule has 0 spiro atoms. The number of hydrogen-bond acceptors (Lipinski definition) is 3. The van der Waals surface area contributed by atoms with Crippen LogP contribution in [0, 0.1) is 6.92 Å². The van der Waals surface area contributed by atoms with Crippen LogP contribution in [-0.4, -0.2) is 5.91 Å². The van der Waals surface area contributed by atoms with Crippen LogP contribution in [0.15, 0.2) is 41.8 Å². The molecule has 1 atom stereocenters. The van der Waals surface area contributed by atoms with Crippen molar-refractivity contribution in [2.45, 2.75) is 13.0 Å². The van der Waals surface area contributed by atoms with Crippen molar-refractivity contribution in [3.8, 4) is 0 Å². The second-order valence-corrected chi connectivity index (χ2v) is 4.84. The number of benzene rings is 1. The minimum absolute atomic E-state index is 0.367. The summed E-state index contributed by atoms with van der Waals surface area (Å²) in [5.74, 6) is -0.367. The zero-order valence-corrected chi connectivity index (χ0v) is 10.3. The van der Waals surface area contributed by atoms with Crippen LogP contribution in [0.1, 0.15) is 16.5 Å². The predicted octanol–water partition coefficient (Wildman–Crippen LogP) is 2.70. The molecule has 1 amide bonds. The van der Waals surface area contributed by atoms with Gasteiger partial charge in [-0.15, -0.1) is 11.3 Å². The van der Waals surface area contributed by atoms with E-state index in [9.17, 15) is 4.79 Å². The molecule has 0 aliphatic carbocycles. The lowest BCUT2D eigenvalue weighted by Gasteiger charge is -2.15. The number of aryl methyl sites for hydroxylation is 1. The van der Waals surface area contributed by atoms with E-state index in [1.54, 1.807) is 0 Å². The number of amides is 1. The Morgan fingerprint density at radius 1 is 1.35 bits per heavy atom. The summed E-state index contributed by atoms with van der Waals surface area (Å²) in [5.41, 5.74) is 7.47. The third-order valence-corrected chi connectivity index (χ3v) is 3.38. The van der Waals surface area contributed by atoms with Crippen molar-refractivity contribution in [2.75, 3.05) is 5.32 Å². The van der Waals surface area contributed by atoms with E-state index in [-0.39, 0.29) is 5.91 Å². The fraction of sp³-hybridized carbons (Fsp3) is 0.154. The smallest absolute Gasteiger partial charge is 0.245 e. The predicted molar refractivity (Wildman–Crippen MR) is 71.1 cm³/mol. The van der Waals surface area contributed by atoms with Gasteiger partial charge in [-0.1, -0.05) is 18.2 Å². The molecule has 0 bridgehead atoms. The van der Waals surface area contributed by atoms with E-state index in [2.05, 4.69) is 5.32 Å². The molecule has 2 aromatic rings. The number of carbonyl (C=O) groups is 1. The quantitative estimate of drug-likeness (QED) is 0.871. The van der Waals surface area contributed by atoms with Gasteiger partial charge >= 0.3 is 0 Å². The zero-order chi connectivity index (χ0) is 12.3. The van der Waals surface area contributed by atoms with Gasteiger partial charge in [0.05, 0.1) is 0 Å². The highest BCUT2D eigenvalue weighted by atomic mass is 32.1. The number of hydrogen-bond donors (Lipinski definition) is 2. The van der Waals surface area contributed by atoms with Crippen molar-refractivity contribution in [3.05, 3.63) is 52.2 Å². The van der Waals surface area contributed by atoms with E-state index in [4.69, 9.17) is 5.73 Å². The third kappa shape index (κ3) is 2.85. The highest BCUT2D eigenvalue weighted by Gasteiger charge is 2.18. The molecule has 0 saturated heterocycles. The van der Waals surface area contributed by atoms with Gasteiger partial charge in [0, 0.05) is 10.6 Å². The topological polar surface area (TPSA) is 55.1 Å². The molecular weight excluding hydrogens is 232 g/mol. The normalized spacial score (nSPS) is 12.1. The van der Waals surface area contributed by atoms with Gasteiger partial charge in [-0.2, -0.15) is 0 Å². The summed E-state index contributed by atoms with van der Waals surface area (Å²) >= 11 is 1.52. The SMILES string of the molecule is Cc1cccc(NC(C(N)=O)c2cccs2)c1. The average Bonchev–Trinajstić information content (AvgIpc) is 2.78. The van der Waals surface area contributed by atoms with Crippen LogP contribution in [0.4, 0.5) is 5.69 Å². The Labute approximate surface area is 104 Å². The Hall–Kier alpha value is -1.81. The van der Waals surface area contributed by atoms with Crippen molar-refractivity contribution < 1.29 is 4.79 Å². The summed E-state index contributed by atoms with van der Waals surface area (Å²) in [6.45, 7) is 2.01. The van der Waals surface area contributed by atoms with Crippen molar-refractivity contribution in [2.24, 2.45) is 5.73 Å². The van der Waals surface area contributed by atoms with Gasteiger partial charge in [-0.05, 0) is 36.1 Å². The molecular formula is C13H14N2OS. The summed E-state index contributed by atoms with van der Waals surface area (Å²) in [7, 11) is 0. The first-order valence-electron chi connectivity index (χ1n) is 5.33. The molecule has 0 aliphatic heterocycles. The molecule has 0 radical (unpaired) electrons. The number of nitrogens with two attached hydrogens (primary N) is 1. The van der Waals surface area contributed by atoms with Gasteiger partial charge in [0.2, 0.25) is 5.91 Å². The van der Waals surface area contributed by atoms with E-state index < -0.39 is 6.04 Å². The first-order chi connectivity index (χ1) is 8.16. The van der Waals surface area contributed by atoms with Gasteiger partial charge in [-0.3, -0.25) is 4.79 Å². The van der Waals surface area contributed by atoms with Gasteiger partial charge in [-0.25, -0.2) is 0 Å². The third-order valence-electron chi connectivity index (χ3n) is 2.44. The standard InChI is InChI=1S/C13H14N2OS/c1-9-4-2-5-10(8-9)15-12(13(14)16)11-6-3-7-17-11/h2-8,12,15H,1H3,(H2,14,16). The zero-order valence-electron chi connectivity index (χ0n) is 9.51. The van der Waals surface area contributed by atoms with Crippen molar-refractivity contribution in [1.29, 1.82) is 0 Å². The van der Waals surface area contributed by atoms with Crippen LogP contribution in [0.5, 0.6) is 0 Å². The fourth-order valence-electron chi connectivity index (χ4n) is 1.64. The Balaban J connectivity index is 2.22. The maximum absolute atomic E-state index is 11.5. The number of primary amides is 1. The summed E-state index contributed by atoms with van der Waals surface area (Å²) in [4.78, 5) is 12.4. The summed E-state index contributed by atoms with van der Waals surface area (Å²) < 4.78 is 0. The van der Waals surface area contributed by atoms with E-state index in [1.165, 1.54) is 11.3 Å². The molecule has 1 unspecified atom stereocenters. The van der Waals surface area contributed by atoms with Gasteiger partial charge in [0.25, 0.3) is 0 Å². The number of thiophene rings is 1. The molecule has 0 saturated carbocycles. The first kappa shape index (κ1) is 11.7. The Bertz CT molecular complexity index is 508. The van der Waals surface area contributed by atoms with Crippen LogP contribution >= 0.6 is 11.3 Å². The van der Waals surface area contributed by atoms with E-state index >= 15 is 0 Å². The molecule has 2 rings (SSSR count). The number of anilines is 1. The van der Waals surface area contributed by atoms with Crippen LogP contribution in [-0.2, 0) is 4.79 Å². The largest absolute Gasteiger partial charge is 0.369 e. The minimum Gasteiger partial charge on any atom is -0.369 e. The fourth-order valence-corrected chi connectivity index (χ4v) is 2.42. The van der Waals surface area contributed by atoms with Gasteiger partial charge in [0.15, 0.2) is 0 Å². The van der Waals surface area contributed by atoms with E-state index in [0.29, 0.717) is 0 Å². The Morgan fingerprint density at radius 3 is 2.76 bits per heavy atom. The first-order valence-corrected chi connectivity index (χ1v) is 6.21. The van der Waals surface area contributed by atoms with Crippen LogP contribution in [0.3, 0.4) is 0 Å². The molecule has 1 aromatic carbocycles. The molecule has 3 N–H and O–H groups in total. The molecule has 0 aliphatic rings.